The Morgan fingerprint density at radius 3 is 2.64 bits per heavy atom. The maximum absolute atomic E-state index is 11.9. The van der Waals surface area contributed by atoms with Crippen molar-refractivity contribution in [1.82, 2.24) is 19.7 Å². The Morgan fingerprint density at radius 2 is 1.86 bits per heavy atom. The van der Waals surface area contributed by atoms with Gasteiger partial charge in [0, 0.05) is 30.1 Å². The number of aromatic amines is 3. The predicted octanol–water partition coefficient (Wildman–Crippen LogP) is 0.765. The summed E-state index contributed by atoms with van der Waals surface area (Å²) in [4.78, 5) is 37.6. The lowest BCUT2D eigenvalue weighted by Crippen LogP contribution is -2.27. The quantitative estimate of drug-likeness (QED) is 0.557. The highest BCUT2D eigenvalue weighted by atomic mass is 16.2. The number of hydrogen-bond donors (Lipinski definition) is 4. The lowest BCUT2D eigenvalue weighted by molar-refractivity contribution is -0.116. The smallest absolute Gasteiger partial charge is 0.344 e. The van der Waals surface area contributed by atoms with E-state index in [0.29, 0.717) is 6.42 Å². The zero-order valence-electron chi connectivity index (χ0n) is 11.7. The maximum atomic E-state index is 11.9. The number of nitrogens with one attached hydrogen (secondary N) is 4. The van der Waals surface area contributed by atoms with Crippen LogP contribution >= 0.6 is 0 Å². The Hall–Kier alpha value is -3.03. The first-order valence-electron chi connectivity index (χ1n) is 6.88. The number of rotatable bonds is 5. The lowest BCUT2D eigenvalue weighted by Gasteiger charge is -2.03. The normalized spacial score (nSPS) is 10.9. The van der Waals surface area contributed by atoms with Gasteiger partial charge < -0.3 is 10.3 Å². The zero-order chi connectivity index (χ0) is 15.5. The summed E-state index contributed by atoms with van der Waals surface area (Å²) in [6.07, 6.45) is 2.36. The summed E-state index contributed by atoms with van der Waals surface area (Å²) in [5, 5.41) is 8.16. The topological polar surface area (TPSA) is 116 Å². The van der Waals surface area contributed by atoms with Crippen LogP contribution in [0, 0.1) is 0 Å². The van der Waals surface area contributed by atoms with Crippen LogP contribution in [0.4, 0.5) is 5.69 Å². The largest absolute Gasteiger partial charge is 0.359 e. The number of carbonyl (C=O) groups is 1. The molecule has 0 unspecified atom stereocenters. The second-order valence-electron chi connectivity index (χ2n) is 4.91. The molecule has 22 heavy (non-hydrogen) atoms. The van der Waals surface area contributed by atoms with Crippen LogP contribution in [0.5, 0.6) is 0 Å². The van der Waals surface area contributed by atoms with Gasteiger partial charge in [0.25, 0.3) is 0 Å². The third kappa shape index (κ3) is 2.71. The summed E-state index contributed by atoms with van der Waals surface area (Å²) in [6, 6.07) is 7.66. The number of carbonyl (C=O) groups excluding carboxylic acids is 1. The van der Waals surface area contributed by atoms with Gasteiger partial charge >= 0.3 is 11.4 Å². The Bertz CT molecular complexity index is 887. The van der Waals surface area contributed by atoms with E-state index in [9.17, 15) is 14.4 Å². The van der Waals surface area contributed by atoms with Crippen LogP contribution in [0.2, 0.25) is 0 Å². The minimum atomic E-state index is -0.498. The van der Waals surface area contributed by atoms with Crippen molar-refractivity contribution in [2.45, 2.75) is 19.4 Å². The summed E-state index contributed by atoms with van der Waals surface area (Å²) >= 11 is 0. The van der Waals surface area contributed by atoms with E-state index in [0.717, 1.165) is 21.2 Å². The molecule has 0 spiro atoms. The molecule has 0 radical (unpaired) electrons. The predicted molar refractivity (Wildman–Crippen MR) is 81.8 cm³/mol. The van der Waals surface area contributed by atoms with Crippen LogP contribution in [0.3, 0.4) is 0 Å². The number of para-hydroxylation sites is 1. The van der Waals surface area contributed by atoms with E-state index >= 15 is 0 Å². The van der Waals surface area contributed by atoms with Crippen LogP contribution in [0.25, 0.3) is 10.9 Å². The van der Waals surface area contributed by atoms with Crippen LogP contribution in [-0.2, 0) is 11.3 Å². The molecule has 8 heteroatoms. The second kappa shape index (κ2) is 5.76. The fourth-order valence-electron chi connectivity index (χ4n) is 2.32. The molecule has 0 aliphatic rings. The molecule has 4 N–H and O–H groups in total. The van der Waals surface area contributed by atoms with Crippen LogP contribution in [0.1, 0.15) is 12.8 Å². The minimum Gasteiger partial charge on any atom is -0.359 e. The molecule has 0 saturated heterocycles. The molecule has 0 atom stereocenters. The highest BCUT2D eigenvalue weighted by Crippen LogP contribution is 2.22. The van der Waals surface area contributed by atoms with Gasteiger partial charge in [-0.1, -0.05) is 18.2 Å². The van der Waals surface area contributed by atoms with Crippen LogP contribution in [-0.4, -0.2) is 25.7 Å². The number of benzene rings is 1. The number of amides is 1. The van der Waals surface area contributed by atoms with Crippen molar-refractivity contribution in [1.29, 1.82) is 0 Å². The van der Waals surface area contributed by atoms with Gasteiger partial charge in [-0.25, -0.2) is 24.4 Å². The maximum Gasteiger partial charge on any atom is 0.344 e. The monoisotopic (exact) mass is 301 g/mol. The summed E-state index contributed by atoms with van der Waals surface area (Å²) < 4.78 is 1.03. The summed E-state index contributed by atoms with van der Waals surface area (Å²) in [7, 11) is 0. The molecule has 3 aromatic rings. The number of anilines is 1. The van der Waals surface area contributed by atoms with E-state index in [4.69, 9.17) is 0 Å². The first-order valence-corrected chi connectivity index (χ1v) is 6.88. The third-order valence-electron chi connectivity index (χ3n) is 3.42. The van der Waals surface area contributed by atoms with Gasteiger partial charge in [0.2, 0.25) is 5.91 Å². The molecule has 2 aromatic heterocycles. The van der Waals surface area contributed by atoms with Gasteiger partial charge in [0.05, 0.1) is 5.69 Å². The Labute approximate surface area is 124 Å². The van der Waals surface area contributed by atoms with Crippen molar-refractivity contribution >= 4 is 22.5 Å². The molecule has 114 valence electrons. The first-order chi connectivity index (χ1) is 10.6. The Morgan fingerprint density at radius 1 is 1.14 bits per heavy atom. The number of nitrogens with zero attached hydrogens (tertiary/aromatic N) is 1. The van der Waals surface area contributed by atoms with Gasteiger partial charge in [-0.2, -0.15) is 0 Å². The van der Waals surface area contributed by atoms with Gasteiger partial charge in [-0.15, -0.1) is 0 Å². The van der Waals surface area contributed by atoms with Gasteiger partial charge in [0.15, 0.2) is 0 Å². The molecule has 1 aromatic carbocycles. The SMILES string of the molecule is O=C(CCCn1c(=O)[nH][nH]c1=O)Nc1c[nH]c2ccccc12. The standard InChI is InChI=1S/C14H15N5O3/c20-12(6-3-7-19-13(21)17-18-14(19)22)16-11-8-15-10-5-2-1-4-9(10)11/h1-2,4-5,8,15H,3,6-7H2,(H,16,20)(H,17,21)(H,18,22). The van der Waals surface area contributed by atoms with Crippen molar-refractivity contribution in [3.05, 3.63) is 51.4 Å². The molecule has 0 saturated carbocycles. The minimum absolute atomic E-state index is 0.162. The van der Waals surface area contributed by atoms with E-state index in [1.54, 1.807) is 6.20 Å². The molecule has 8 nitrogen and oxygen atoms in total. The molecule has 0 fully saturated rings. The third-order valence-corrected chi connectivity index (χ3v) is 3.42. The van der Waals surface area contributed by atoms with E-state index in [-0.39, 0.29) is 18.9 Å². The van der Waals surface area contributed by atoms with E-state index in [1.165, 1.54) is 0 Å². The highest BCUT2D eigenvalue weighted by molar-refractivity contribution is 6.01. The highest BCUT2D eigenvalue weighted by Gasteiger charge is 2.08. The van der Waals surface area contributed by atoms with Gasteiger partial charge in [-0.05, 0) is 12.5 Å². The number of aromatic nitrogens is 4. The van der Waals surface area contributed by atoms with E-state index in [2.05, 4.69) is 20.5 Å². The Kier molecular flexibility index (Phi) is 3.65. The van der Waals surface area contributed by atoms with E-state index in [1.807, 2.05) is 24.3 Å². The van der Waals surface area contributed by atoms with Crippen molar-refractivity contribution in [2.75, 3.05) is 5.32 Å². The Balaban J connectivity index is 1.59. The molecule has 2 heterocycles. The molecule has 0 aliphatic carbocycles. The van der Waals surface area contributed by atoms with Crippen LogP contribution < -0.4 is 16.7 Å². The molecule has 0 bridgehead atoms. The number of fused-ring (bicyclic) bond motifs is 1. The zero-order valence-corrected chi connectivity index (χ0v) is 11.7. The summed E-state index contributed by atoms with van der Waals surface area (Å²) in [6.45, 7) is 0.193. The van der Waals surface area contributed by atoms with E-state index < -0.39 is 11.4 Å². The van der Waals surface area contributed by atoms with Crippen molar-refractivity contribution in [3.8, 4) is 0 Å². The lowest BCUT2D eigenvalue weighted by atomic mass is 10.2. The average Bonchev–Trinajstić information content (AvgIpc) is 3.05. The number of H-pyrrole nitrogens is 3. The summed E-state index contributed by atoms with van der Waals surface area (Å²) in [5.41, 5.74) is 0.671. The molecular weight excluding hydrogens is 286 g/mol. The molecular formula is C14H15N5O3. The fourth-order valence-corrected chi connectivity index (χ4v) is 2.32. The first kappa shape index (κ1) is 13.9. The second-order valence-corrected chi connectivity index (χ2v) is 4.91. The van der Waals surface area contributed by atoms with Crippen molar-refractivity contribution in [3.63, 3.8) is 0 Å². The summed E-state index contributed by atoms with van der Waals surface area (Å²) in [5.74, 6) is -0.162. The van der Waals surface area contributed by atoms with Gasteiger partial charge in [-0.3, -0.25) is 4.79 Å². The van der Waals surface area contributed by atoms with Crippen molar-refractivity contribution in [2.24, 2.45) is 0 Å². The average molecular weight is 301 g/mol. The fraction of sp³-hybridized carbons (Fsp3) is 0.214. The molecule has 0 aliphatic heterocycles. The number of hydrogen-bond acceptors (Lipinski definition) is 3. The molecule has 1 amide bonds. The van der Waals surface area contributed by atoms with Crippen LogP contribution in [0.15, 0.2) is 40.1 Å². The molecule has 3 rings (SSSR count). The van der Waals surface area contributed by atoms with Gasteiger partial charge in [0.1, 0.15) is 0 Å². The van der Waals surface area contributed by atoms with Crippen molar-refractivity contribution < 1.29 is 4.79 Å².